The molecule has 96 valence electrons. The molecule has 3 N–H and O–H groups in total. The first-order valence-corrected chi connectivity index (χ1v) is 7.07. The maximum absolute atomic E-state index is 6.16. The third kappa shape index (κ3) is 2.04. The minimum absolute atomic E-state index is 0.381. The van der Waals surface area contributed by atoms with Crippen molar-refractivity contribution in [2.45, 2.75) is 31.4 Å². The summed E-state index contributed by atoms with van der Waals surface area (Å²) in [6, 6.07) is 4.58. The van der Waals surface area contributed by atoms with Gasteiger partial charge in [-0.1, -0.05) is 0 Å². The molecule has 2 unspecified atom stereocenters. The molecule has 1 aromatic carbocycles. The SMILES string of the molecule is COC1CCC(Nc2ccc3scnc3c2N)C1. The molecule has 0 saturated heterocycles. The summed E-state index contributed by atoms with van der Waals surface area (Å²) < 4.78 is 6.52. The molecule has 0 aliphatic heterocycles. The minimum atomic E-state index is 0.381. The Hall–Kier alpha value is -1.33. The number of nitrogens with two attached hydrogens (primary N) is 1. The maximum Gasteiger partial charge on any atom is 0.106 e. The Morgan fingerprint density at radius 3 is 3.11 bits per heavy atom. The van der Waals surface area contributed by atoms with Gasteiger partial charge in [-0.2, -0.15) is 0 Å². The average Bonchev–Trinajstić information content (AvgIpc) is 3.01. The summed E-state index contributed by atoms with van der Waals surface area (Å²) in [6.07, 6.45) is 3.68. The fraction of sp³-hybridized carbons (Fsp3) is 0.462. The second-order valence-electron chi connectivity index (χ2n) is 4.74. The van der Waals surface area contributed by atoms with E-state index in [4.69, 9.17) is 10.5 Å². The van der Waals surface area contributed by atoms with E-state index < -0.39 is 0 Å². The molecular weight excluding hydrogens is 246 g/mol. The van der Waals surface area contributed by atoms with E-state index in [9.17, 15) is 0 Å². The van der Waals surface area contributed by atoms with Crippen LogP contribution in [0.3, 0.4) is 0 Å². The highest BCUT2D eigenvalue weighted by Gasteiger charge is 2.24. The number of thiazole rings is 1. The highest BCUT2D eigenvalue weighted by Crippen LogP contribution is 2.32. The van der Waals surface area contributed by atoms with Crippen LogP contribution < -0.4 is 11.1 Å². The van der Waals surface area contributed by atoms with Crippen LogP contribution in [-0.4, -0.2) is 24.2 Å². The predicted molar refractivity (Wildman–Crippen MR) is 76.1 cm³/mol. The van der Waals surface area contributed by atoms with E-state index in [-0.39, 0.29) is 0 Å². The van der Waals surface area contributed by atoms with Crippen LogP contribution in [0, 0.1) is 0 Å². The summed E-state index contributed by atoms with van der Waals surface area (Å²) in [7, 11) is 1.78. The number of nitrogens with zero attached hydrogens (tertiary/aromatic N) is 1. The molecular formula is C13H17N3OS. The van der Waals surface area contributed by atoms with E-state index in [1.807, 2.05) is 5.51 Å². The maximum atomic E-state index is 6.16. The summed E-state index contributed by atoms with van der Waals surface area (Å²) in [5.74, 6) is 0. The van der Waals surface area contributed by atoms with Crippen LogP contribution in [0.2, 0.25) is 0 Å². The smallest absolute Gasteiger partial charge is 0.106 e. The first-order chi connectivity index (χ1) is 8.78. The van der Waals surface area contributed by atoms with Crippen LogP contribution in [-0.2, 0) is 4.74 Å². The number of aromatic nitrogens is 1. The Bertz CT molecular complexity index is 554. The van der Waals surface area contributed by atoms with Crippen LogP contribution in [0.5, 0.6) is 0 Å². The number of methoxy groups -OCH3 is 1. The molecule has 1 aromatic heterocycles. The van der Waals surface area contributed by atoms with Gasteiger partial charge < -0.3 is 15.8 Å². The van der Waals surface area contributed by atoms with Crippen LogP contribution in [0.1, 0.15) is 19.3 Å². The van der Waals surface area contributed by atoms with E-state index in [2.05, 4.69) is 22.4 Å². The normalized spacial score (nSPS) is 23.6. The van der Waals surface area contributed by atoms with E-state index in [0.717, 1.165) is 40.9 Å². The van der Waals surface area contributed by atoms with Gasteiger partial charge in [0.2, 0.25) is 0 Å². The standard InChI is InChI=1S/C13H17N3OS/c1-17-9-3-2-8(6-9)16-10-4-5-11-13(12(10)14)15-7-18-11/h4-5,7-9,16H,2-3,6,14H2,1H3. The molecule has 0 bridgehead atoms. The predicted octanol–water partition coefficient (Wildman–Crippen LogP) is 2.86. The number of hydrogen-bond acceptors (Lipinski definition) is 5. The molecule has 1 fully saturated rings. The van der Waals surface area contributed by atoms with Crippen LogP contribution >= 0.6 is 11.3 Å². The zero-order chi connectivity index (χ0) is 12.5. The molecule has 18 heavy (non-hydrogen) atoms. The van der Waals surface area contributed by atoms with Crippen molar-refractivity contribution in [3.63, 3.8) is 0 Å². The number of nitrogens with one attached hydrogen (secondary N) is 1. The molecule has 1 aliphatic carbocycles. The lowest BCUT2D eigenvalue weighted by Gasteiger charge is -2.16. The largest absolute Gasteiger partial charge is 0.395 e. The zero-order valence-corrected chi connectivity index (χ0v) is 11.2. The van der Waals surface area contributed by atoms with E-state index in [1.54, 1.807) is 18.4 Å². The van der Waals surface area contributed by atoms with Gasteiger partial charge in [-0.25, -0.2) is 4.98 Å². The molecule has 0 radical (unpaired) electrons. The molecule has 5 heteroatoms. The first kappa shape index (κ1) is 11.7. The molecule has 2 atom stereocenters. The van der Waals surface area contributed by atoms with Crippen molar-refractivity contribution in [3.05, 3.63) is 17.6 Å². The summed E-state index contributed by atoms with van der Waals surface area (Å²) in [5, 5.41) is 3.51. The quantitative estimate of drug-likeness (QED) is 0.836. The fourth-order valence-electron chi connectivity index (χ4n) is 2.58. The highest BCUT2D eigenvalue weighted by atomic mass is 32.1. The Balaban J connectivity index is 1.80. The number of anilines is 2. The third-order valence-electron chi connectivity index (χ3n) is 3.62. The van der Waals surface area contributed by atoms with Gasteiger partial charge in [0.25, 0.3) is 0 Å². The Morgan fingerprint density at radius 2 is 2.33 bits per heavy atom. The summed E-state index contributed by atoms with van der Waals surface area (Å²) in [4.78, 5) is 4.31. The fourth-order valence-corrected chi connectivity index (χ4v) is 3.28. The minimum Gasteiger partial charge on any atom is -0.395 e. The molecule has 3 rings (SSSR count). The second-order valence-corrected chi connectivity index (χ2v) is 5.62. The Labute approximate surface area is 110 Å². The molecule has 2 aromatic rings. The first-order valence-electron chi connectivity index (χ1n) is 6.19. The summed E-state index contributed by atoms with van der Waals surface area (Å²) in [6.45, 7) is 0. The third-order valence-corrected chi connectivity index (χ3v) is 4.41. The lowest BCUT2D eigenvalue weighted by molar-refractivity contribution is 0.108. The summed E-state index contributed by atoms with van der Waals surface area (Å²) >= 11 is 1.62. The summed E-state index contributed by atoms with van der Waals surface area (Å²) in [5.41, 5.74) is 10.7. The van der Waals surface area contributed by atoms with Gasteiger partial charge in [0, 0.05) is 13.2 Å². The van der Waals surface area contributed by atoms with E-state index in [1.165, 1.54) is 0 Å². The van der Waals surface area contributed by atoms with Gasteiger partial charge in [0.1, 0.15) is 5.52 Å². The molecule has 4 nitrogen and oxygen atoms in total. The molecule has 1 heterocycles. The molecule has 0 spiro atoms. The van der Waals surface area contributed by atoms with E-state index in [0.29, 0.717) is 12.1 Å². The van der Waals surface area contributed by atoms with Gasteiger partial charge in [0.15, 0.2) is 0 Å². The van der Waals surface area contributed by atoms with E-state index >= 15 is 0 Å². The van der Waals surface area contributed by atoms with Gasteiger partial charge in [-0.3, -0.25) is 0 Å². The average molecular weight is 263 g/mol. The number of rotatable bonds is 3. The Morgan fingerprint density at radius 1 is 1.44 bits per heavy atom. The second kappa shape index (κ2) is 4.74. The van der Waals surface area contributed by atoms with Gasteiger partial charge >= 0.3 is 0 Å². The lowest BCUT2D eigenvalue weighted by Crippen LogP contribution is -2.18. The monoisotopic (exact) mass is 263 g/mol. The lowest BCUT2D eigenvalue weighted by atomic mass is 10.2. The number of hydrogen-bond donors (Lipinski definition) is 2. The van der Waals surface area contributed by atoms with Crippen molar-refractivity contribution in [2.24, 2.45) is 0 Å². The van der Waals surface area contributed by atoms with Crippen molar-refractivity contribution < 1.29 is 4.74 Å². The zero-order valence-electron chi connectivity index (χ0n) is 10.3. The number of ether oxygens (including phenoxy) is 1. The molecule has 1 saturated carbocycles. The van der Waals surface area contributed by atoms with Crippen LogP contribution in [0.25, 0.3) is 10.2 Å². The van der Waals surface area contributed by atoms with Crippen LogP contribution in [0.4, 0.5) is 11.4 Å². The number of nitrogen functional groups attached to an aromatic ring is 1. The van der Waals surface area contributed by atoms with Gasteiger partial charge in [0.05, 0.1) is 27.7 Å². The van der Waals surface area contributed by atoms with Crippen molar-refractivity contribution in [1.82, 2.24) is 4.98 Å². The van der Waals surface area contributed by atoms with Crippen molar-refractivity contribution in [3.8, 4) is 0 Å². The number of benzene rings is 1. The highest BCUT2D eigenvalue weighted by molar-refractivity contribution is 7.16. The van der Waals surface area contributed by atoms with Crippen molar-refractivity contribution >= 4 is 32.9 Å². The van der Waals surface area contributed by atoms with Crippen molar-refractivity contribution in [1.29, 1.82) is 0 Å². The van der Waals surface area contributed by atoms with Gasteiger partial charge in [-0.15, -0.1) is 11.3 Å². The van der Waals surface area contributed by atoms with Crippen molar-refractivity contribution in [2.75, 3.05) is 18.2 Å². The van der Waals surface area contributed by atoms with Gasteiger partial charge in [-0.05, 0) is 31.4 Å². The number of fused-ring (bicyclic) bond motifs is 1. The molecule has 1 aliphatic rings. The van der Waals surface area contributed by atoms with Crippen LogP contribution in [0.15, 0.2) is 17.6 Å². The topological polar surface area (TPSA) is 60.2 Å². The Kier molecular flexibility index (Phi) is 3.09. The molecule has 0 amide bonds.